The van der Waals surface area contributed by atoms with Gasteiger partial charge in [-0.15, -0.1) is 0 Å². The molecule has 27 heavy (non-hydrogen) atoms. The summed E-state index contributed by atoms with van der Waals surface area (Å²) in [6.07, 6.45) is 0. The molecule has 0 atom stereocenters. The lowest BCUT2D eigenvalue weighted by molar-refractivity contribution is 0.0780. The van der Waals surface area contributed by atoms with Gasteiger partial charge in [0, 0.05) is 19.5 Å². The van der Waals surface area contributed by atoms with Crippen molar-refractivity contribution < 1.29 is 14.1 Å². The number of rotatable bonds is 5. The lowest BCUT2D eigenvalue weighted by Gasteiger charge is -2.16. The van der Waals surface area contributed by atoms with E-state index in [1.807, 2.05) is 37.3 Å². The van der Waals surface area contributed by atoms with E-state index in [1.54, 1.807) is 26.0 Å². The number of ether oxygens (including phenoxy) is 1. The van der Waals surface area contributed by atoms with Gasteiger partial charge in [0.2, 0.25) is 5.89 Å². The molecule has 0 fully saturated rings. The molecule has 0 aliphatic heterocycles. The molecule has 0 saturated carbocycles. The molecule has 0 saturated heterocycles. The highest BCUT2D eigenvalue weighted by Gasteiger charge is 2.15. The van der Waals surface area contributed by atoms with Gasteiger partial charge >= 0.3 is 0 Å². The number of benzene rings is 2. The Bertz CT molecular complexity index is 961. The van der Waals surface area contributed by atoms with Gasteiger partial charge in [-0.2, -0.15) is 4.98 Å². The maximum Gasteiger partial charge on any atom is 0.254 e. The molecule has 140 valence electrons. The minimum Gasteiger partial charge on any atom is -0.496 e. The predicted molar refractivity (Wildman–Crippen MR) is 103 cm³/mol. The monoisotopic (exact) mass is 365 g/mol. The van der Waals surface area contributed by atoms with Crippen LogP contribution in [-0.2, 0) is 6.54 Å². The molecule has 0 aliphatic carbocycles. The number of hydrogen-bond donors (Lipinski definition) is 0. The Kier molecular flexibility index (Phi) is 5.26. The van der Waals surface area contributed by atoms with E-state index in [0.717, 1.165) is 28.0 Å². The van der Waals surface area contributed by atoms with Crippen LogP contribution >= 0.6 is 0 Å². The highest BCUT2D eigenvalue weighted by molar-refractivity contribution is 5.94. The molecule has 6 nitrogen and oxygen atoms in total. The molecular formula is C21H23N3O3. The van der Waals surface area contributed by atoms with E-state index in [1.165, 1.54) is 0 Å². The van der Waals surface area contributed by atoms with E-state index >= 15 is 0 Å². The third-order valence-corrected chi connectivity index (χ3v) is 4.48. The lowest BCUT2D eigenvalue weighted by Crippen LogP contribution is -2.26. The number of carbonyl (C=O) groups excluding carboxylic acids is 1. The summed E-state index contributed by atoms with van der Waals surface area (Å²) in [7, 11) is 3.40. The van der Waals surface area contributed by atoms with E-state index < -0.39 is 0 Å². The quantitative estimate of drug-likeness (QED) is 0.685. The Labute approximate surface area is 158 Å². The number of nitrogens with zero attached hydrogens (tertiary/aromatic N) is 3. The smallest absolute Gasteiger partial charge is 0.254 e. The average molecular weight is 365 g/mol. The van der Waals surface area contributed by atoms with Crippen LogP contribution in [0, 0.1) is 20.8 Å². The van der Waals surface area contributed by atoms with Crippen molar-refractivity contribution in [3.8, 4) is 16.9 Å². The van der Waals surface area contributed by atoms with Gasteiger partial charge in [-0.3, -0.25) is 4.79 Å². The minimum atomic E-state index is -0.0911. The molecule has 2 aromatic carbocycles. The number of methoxy groups -OCH3 is 1. The van der Waals surface area contributed by atoms with Gasteiger partial charge < -0.3 is 14.2 Å². The SMILES string of the molecule is COc1cc(C)c(-c2ccc(C(=O)N(C)Cc3noc(C)n3)cc2)cc1C. The second kappa shape index (κ2) is 7.61. The van der Waals surface area contributed by atoms with E-state index in [-0.39, 0.29) is 5.91 Å². The third-order valence-electron chi connectivity index (χ3n) is 4.48. The van der Waals surface area contributed by atoms with Crippen molar-refractivity contribution in [2.75, 3.05) is 14.2 Å². The van der Waals surface area contributed by atoms with E-state index in [0.29, 0.717) is 23.8 Å². The second-order valence-corrected chi connectivity index (χ2v) is 6.60. The lowest BCUT2D eigenvalue weighted by atomic mass is 9.97. The van der Waals surface area contributed by atoms with E-state index in [9.17, 15) is 4.79 Å². The fourth-order valence-electron chi connectivity index (χ4n) is 3.02. The van der Waals surface area contributed by atoms with Gasteiger partial charge in [0.05, 0.1) is 13.7 Å². The van der Waals surface area contributed by atoms with Crippen LogP contribution in [0.5, 0.6) is 5.75 Å². The first kappa shape index (κ1) is 18.6. The Morgan fingerprint density at radius 1 is 1.11 bits per heavy atom. The summed E-state index contributed by atoms with van der Waals surface area (Å²) in [4.78, 5) is 18.3. The molecule has 6 heteroatoms. The van der Waals surface area contributed by atoms with Crippen LogP contribution in [0.2, 0.25) is 0 Å². The molecule has 0 spiro atoms. The average Bonchev–Trinajstić information content (AvgIpc) is 3.07. The summed E-state index contributed by atoms with van der Waals surface area (Å²) in [6.45, 7) is 6.10. The van der Waals surface area contributed by atoms with Crippen LogP contribution in [0.15, 0.2) is 40.9 Å². The van der Waals surface area contributed by atoms with Crippen LogP contribution in [0.3, 0.4) is 0 Å². The van der Waals surface area contributed by atoms with Gasteiger partial charge in [-0.1, -0.05) is 17.3 Å². The van der Waals surface area contributed by atoms with Crippen molar-refractivity contribution in [3.05, 3.63) is 64.8 Å². The summed E-state index contributed by atoms with van der Waals surface area (Å²) in [6, 6.07) is 11.8. The number of amides is 1. The van der Waals surface area contributed by atoms with E-state index in [4.69, 9.17) is 9.26 Å². The zero-order chi connectivity index (χ0) is 19.6. The summed E-state index contributed by atoms with van der Waals surface area (Å²) in [5, 5.41) is 3.83. The molecule has 3 rings (SSSR count). The van der Waals surface area contributed by atoms with Gasteiger partial charge in [0.1, 0.15) is 5.75 Å². The van der Waals surface area contributed by atoms with Gasteiger partial charge in [-0.25, -0.2) is 0 Å². The van der Waals surface area contributed by atoms with Crippen molar-refractivity contribution >= 4 is 5.91 Å². The number of hydrogen-bond acceptors (Lipinski definition) is 5. The summed E-state index contributed by atoms with van der Waals surface area (Å²) in [5.74, 6) is 1.76. The van der Waals surface area contributed by atoms with Crippen LogP contribution in [0.25, 0.3) is 11.1 Å². The second-order valence-electron chi connectivity index (χ2n) is 6.60. The van der Waals surface area contributed by atoms with Crippen molar-refractivity contribution in [1.29, 1.82) is 0 Å². The molecule has 3 aromatic rings. The first-order valence-corrected chi connectivity index (χ1v) is 8.69. The number of aryl methyl sites for hydroxylation is 3. The fraction of sp³-hybridized carbons (Fsp3) is 0.286. The Hall–Kier alpha value is -3.15. The molecule has 1 heterocycles. The molecule has 0 bridgehead atoms. The molecule has 1 aromatic heterocycles. The summed E-state index contributed by atoms with van der Waals surface area (Å²) < 4.78 is 10.3. The Morgan fingerprint density at radius 3 is 2.41 bits per heavy atom. The van der Waals surface area contributed by atoms with Crippen LogP contribution in [0.1, 0.15) is 33.2 Å². The topological polar surface area (TPSA) is 68.5 Å². The van der Waals surface area contributed by atoms with E-state index in [2.05, 4.69) is 23.1 Å². The minimum absolute atomic E-state index is 0.0911. The van der Waals surface area contributed by atoms with Crippen molar-refractivity contribution in [1.82, 2.24) is 15.0 Å². The maximum atomic E-state index is 12.6. The predicted octanol–water partition coefficient (Wildman–Crippen LogP) is 3.94. The molecule has 0 radical (unpaired) electrons. The standard InChI is InChI=1S/C21H23N3O3/c1-13-11-19(26-5)14(2)10-18(13)16-6-8-17(9-7-16)21(25)24(4)12-20-22-15(3)27-23-20/h6-11H,12H2,1-5H3. The largest absolute Gasteiger partial charge is 0.496 e. The Morgan fingerprint density at radius 2 is 1.81 bits per heavy atom. The molecule has 0 N–H and O–H groups in total. The highest BCUT2D eigenvalue weighted by Crippen LogP contribution is 2.30. The fourth-order valence-corrected chi connectivity index (χ4v) is 3.02. The summed E-state index contributed by atoms with van der Waals surface area (Å²) in [5.41, 5.74) is 5.01. The third kappa shape index (κ3) is 4.00. The van der Waals surface area contributed by atoms with Gasteiger partial charge in [0.25, 0.3) is 5.91 Å². The van der Waals surface area contributed by atoms with Crippen molar-refractivity contribution in [3.63, 3.8) is 0 Å². The van der Waals surface area contributed by atoms with Crippen LogP contribution in [0.4, 0.5) is 0 Å². The maximum absolute atomic E-state index is 12.6. The number of carbonyl (C=O) groups is 1. The van der Waals surface area contributed by atoms with Crippen molar-refractivity contribution in [2.45, 2.75) is 27.3 Å². The molecule has 0 unspecified atom stereocenters. The van der Waals surface area contributed by atoms with Crippen LogP contribution in [-0.4, -0.2) is 35.1 Å². The van der Waals surface area contributed by atoms with Gasteiger partial charge in [0.15, 0.2) is 5.82 Å². The zero-order valence-corrected chi connectivity index (χ0v) is 16.2. The summed E-state index contributed by atoms with van der Waals surface area (Å²) >= 11 is 0. The molecular weight excluding hydrogens is 342 g/mol. The van der Waals surface area contributed by atoms with Gasteiger partial charge in [-0.05, 0) is 60.4 Å². The molecule has 0 aliphatic rings. The van der Waals surface area contributed by atoms with Crippen LogP contribution < -0.4 is 4.74 Å². The van der Waals surface area contributed by atoms with Crippen molar-refractivity contribution in [2.24, 2.45) is 0 Å². The zero-order valence-electron chi connectivity index (χ0n) is 16.2. The normalized spacial score (nSPS) is 10.7. The first-order chi connectivity index (χ1) is 12.9. The highest BCUT2D eigenvalue weighted by atomic mass is 16.5. The molecule has 1 amide bonds. The number of aromatic nitrogens is 2. The first-order valence-electron chi connectivity index (χ1n) is 8.69. The Balaban J connectivity index is 1.78.